The second-order valence-corrected chi connectivity index (χ2v) is 27.4. The molecule has 0 aromatic rings. The van der Waals surface area contributed by atoms with E-state index in [9.17, 15) is 43.2 Å². The second kappa shape index (κ2) is 74.9. The molecule has 0 heterocycles. The molecule has 0 aliphatic rings. The van der Waals surface area contributed by atoms with Crippen LogP contribution in [0.25, 0.3) is 0 Å². The van der Waals surface area contributed by atoms with Gasteiger partial charge in [-0.1, -0.05) is 273 Å². The van der Waals surface area contributed by atoms with E-state index in [0.717, 1.165) is 154 Å². The molecule has 0 bridgehead atoms. The highest BCUT2D eigenvalue weighted by Gasteiger charge is 2.30. The molecular weight excluding hydrogens is 1350 g/mol. The molecule has 0 aliphatic heterocycles. The Morgan fingerprint density at radius 3 is 0.933 bits per heavy atom. The summed E-state index contributed by atoms with van der Waals surface area (Å²) in [5.41, 5.74) is 0. The molecule has 584 valence electrons. The van der Waals surface area contributed by atoms with Gasteiger partial charge in [-0.3, -0.25) is 37.3 Å². The zero-order valence-corrected chi connectivity index (χ0v) is 65.4. The summed E-state index contributed by atoms with van der Waals surface area (Å²) in [7, 11) is -10.0. The minimum absolute atomic E-state index is 0.00734. The molecule has 0 amide bonds. The number of unbranched alkanes of at least 4 members (excludes halogenated alkanes) is 10. The quantitative estimate of drug-likeness (QED) is 0.0169. The van der Waals surface area contributed by atoms with Crippen molar-refractivity contribution in [1.29, 1.82) is 0 Å². The fourth-order valence-electron chi connectivity index (χ4n) is 9.03. The van der Waals surface area contributed by atoms with E-state index in [1.54, 1.807) is 12.2 Å². The van der Waals surface area contributed by atoms with E-state index in [1.165, 1.54) is 6.42 Å². The lowest BCUT2D eigenvalue weighted by Gasteiger charge is -2.21. The largest absolute Gasteiger partial charge is 0.472 e. The van der Waals surface area contributed by atoms with Crippen LogP contribution in [0.1, 0.15) is 246 Å². The molecule has 5 atom stereocenters. The molecule has 0 aromatic heterocycles. The summed E-state index contributed by atoms with van der Waals surface area (Å²) < 4.78 is 68.2. The minimum atomic E-state index is -5.03. The Balaban J connectivity index is 5.51. The summed E-state index contributed by atoms with van der Waals surface area (Å²) in [5.74, 6) is -2.50. The Bertz CT molecular complexity index is 2790. The fraction of sp³-hybridized carbons (Fsp3) is 0.553. The zero-order chi connectivity index (χ0) is 76.0. The number of aliphatic hydroxyl groups excluding tert-OH is 1. The van der Waals surface area contributed by atoms with Crippen LogP contribution in [0, 0.1) is 0 Å². The number of carbonyl (C=O) groups excluding carboxylic acids is 4. The van der Waals surface area contributed by atoms with Crippen molar-refractivity contribution in [1.82, 2.24) is 0 Å². The summed E-state index contributed by atoms with van der Waals surface area (Å²) in [5, 5.41) is 10.6. The first kappa shape index (κ1) is 97.6. The van der Waals surface area contributed by atoms with Crippen LogP contribution in [0.5, 0.6) is 0 Å². The molecule has 0 rings (SSSR count). The summed E-state index contributed by atoms with van der Waals surface area (Å²) >= 11 is 0. The van der Waals surface area contributed by atoms with E-state index in [4.69, 9.17) is 37.0 Å². The molecule has 19 heteroatoms. The molecule has 0 fully saturated rings. The third-order valence-corrected chi connectivity index (χ3v) is 16.7. The molecule has 0 saturated carbocycles. The van der Waals surface area contributed by atoms with Gasteiger partial charge in [-0.05, 0) is 154 Å². The molecule has 5 unspecified atom stereocenters. The third kappa shape index (κ3) is 73.9. The smallest absolute Gasteiger partial charge is 0.462 e. The van der Waals surface area contributed by atoms with Gasteiger partial charge in [0.15, 0.2) is 12.2 Å². The molecule has 104 heavy (non-hydrogen) atoms. The number of hydrogen-bond donors (Lipinski definition) is 3. The first-order chi connectivity index (χ1) is 50.7. The standard InChI is InChI=1S/C85H132O17P2/c1-5-9-13-17-21-25-29-32-35-37-39-41-44-46-50-53-57-61-65-69-82(87)95-75-80(101-84(89)71-67-63-59-55-49-28-24-20-16-12-8-4)77-99-103(91,92)97-73-79(86)74-98-104(93,94)100-78-81(102-85(90)72-68-64-60-56-52-48-43-34-31-27-23-19-15-11-7-3)76-96-83(88)70-66-62-58-54-51-47-45-42-40-38-36-33-30-26-22-18-14-10-6-2/h9-11,13-15,20-27,32-36,39-43,46-47,50-52,56,58,62,64,68,79-81,86H,5-8,12,16-19,28-31,37-38,44-45,48-49,53-55,57,59-61,63,65-67,69-78H2,1-4H3,(H,91,92)(H,93,94)/b13-9-,14-10-,15-11-,24-20-,25-21-,26-22-,27-23-,35-32-,36-33-,41-39-,42-40-,43-34-,50-46-,51-47-,56-52-,62-58-,68-64-. The van der Waals surface area contributed by atoms with Crippen LogP contribution in [0.3, 0.4) is 0 Å². The van der Waals surface area contributed by atoms with Crippen LogP contribution in [0.15, 0.2) is 207 Å². The Labute approximate surface area is 627 Å². The van der Waals surface area contributed by atoms with Crippen molar-refractivity contribution < 1.29 is 80.2 Å². The lowest BCUT2D eigenvalue weighted by atomic mass is 10.1. The van der Waals surface area contributed by atoms with E-state index < -0.39 is 97.5 Å². The number of ether oxygens (including phenoxy) is 4. The van der Waals surface area contributed by atoms with E-state index in [1.807, 2.05) is 30.4 Å². The van der Waals surface area contributed by atoms with Gasteiger partial charge in [0.05, 0.1) is 32.8 Å². The maximum Gasteiger partial charge on any atom is 0.472 e. The molecule has 0 saturated heterocycles. The number of esters is 4. The highest BCUT2D eigenvalue weighted by molar-refractivity contribution is 7.47. The molecule has 0 aromatic carbocycles. The highest BCUT2D eigenvalue weighted by Crippen LogP contribution is 2.45. The third-order valence-electron chi connectivity index (χ3n) is 14.8. The van der Waals surface area contributed by atoms with Gasteiger partial charge in [0.2, 0.25) is 0 Å². The van der Waals surface area contributed by atoms with Gasteiger partial charge in [-0.25, -0.2) is 9.13 Å². The van der Waals surface area contributed by atoms with Crippen LogP contribution in [0.4, 0.5) is 0 Å². The zero-order valence-electron chi connectivity index (χ0n) is 63.6. The lowest BCUT2D eigenvalue weighted by molar-refractivity contribution is -0.161. The Morgan fingerprint density at radius 2 is 0.558 bits per heavy atom. The summed E-state index contributed by atoms with van der Waals surface area (Å²) in [6.07, 6.45) is 93.0. The number of rotatable bonds is 69. The van der Waals surface area contributed by atoms with Gasteiger partial charge in [0, 0.05) is 19.3 Å². The number of allylic oxidation sites excluding steroid dienone is 33. The predicted octanol–water partition coefficient (Wildman–Crippen LogP) is 22.3. The molecule has 3 N–H and O–H groups in total. The predicted molar refractivity (Wildman–Crippen MR) is 426 cm³/mol. The van der Waals surface area contributed by atoms with Crippen molar-refractivity contribution in [2.45, 2.75) is 264 Å². The fourth-order valence-corrected chi connectivity index (χ4v) is 10.6. The monoisotopic (exact) mass is 1490 g/mol. The molecule has 0 radical (unpaired) electrons. The summed E-state index contributed by atoms with van der Waals surface area (Å²) in [6.45, 7) is 4.18. The lowest BCUT2D eigenvalue weighted by Crippen LogP contribution is -2.30. The average Bonchev–Trinajstić information content (AvgIpc) is 0.929. The van der Waals surface area contributed by atoms with Gasteiger partial charge in [0.25, 0.3) is 0 Å². The van der Waals surface area contributed by atoms with Gasteiger partial charge in [-0.15, -0.1) is 0 Å². The second-order valence-electron chi connectivity index (χ2n) is 24.5. The molecule has 0 aliphatic carbocycles. The van der Waals surface area contributed by atoms with Gasteiger partial charge < -0.3 is 33.8 Å². The van der Waals surface area contributed by atoms with Gasteiger partial charge >= 0.3 is 39.5 Å². The molecule has 17 nitrogen and oxygen atoms in total. The van der Waals surface area contributed by atoms with Crippen LogP contribution in [-0.4, -0.2) is 96.7 Å². The Kier molecular flexibility index (Phi) is 70.3. The van der Waals surface area contributed by atoms with Crippen molar-refractivity contribution in [2.24, 2.45) is 0 Å². The van der Waals surface area contributed by atoms with E-state index in [0.29, 0.717) is 32.1 Å². The first-order valence-electron chi connectivity index (χ1n) is 38.3. The van der Waals surface area contributed by atoms with E-state index >= 15 is 0 Å². The number of aliphatic hydroxyl groups is 1. The number of phosphoric acid groups is 2. The number of hydrogen-bond acceptors (Lipinski definition) is 15. The first-order valence-corrected chi connectivity index (χ1v) is 41.3. The van der Waals surface area contributed by atoms with E-state index in [-0.39, 0.29) is 25.7 Å². The summed E-state index contributed by atoms with van der Waals surface area (Å²) in [4.78, 5) is 72.8. The topological polar surface area (TPSA) is 237 Å². The van der Waals surface area contributed by atoms with E-state index in [2.05, 4.69) is 192 Å². The Morgan fingerprint density at radius 1 is 0.288 bits per heavy atom. The normalized spacial score (nSPS) is 15.0. The van der Waals surface area contributed by atoms with Crippen molar-refractivity contribution in [3.63, 3.8) is 0 Å². The molecular formula is C85H132O17P2. The van der Waals surface area contributed by atoms with Crippen molar-refractivity contribution in [2.75, 3.05) is 39.6 Å². The summed E-state index contributed by atoms with van der Waals surface area (Å²) in [6, 6.07) is 0. The number of carbonyl (C=O) groups is 4. The number of phosphoric ester groups is 2. The van der Waals surface area contributed by atoms with Crippen molar-refractivity contribution in [3.05, 3.63) is 207 Å². The average molecular weight is 1490 g/mol. The van der Waals surface area contributed by atoms with Crippen LogP contribution in [-0.2, 0) is 65.4 Å². The van der Waals surface area contributed by atoms with Crippen LogP contribution in [0.2, 0.25) is 0 Å². The maximum atomic E-state index is 13.1. The van der Waals surface area contributed by atoms with Crippen molar-refractivity contribution in [3.8, 4) is 0 Å². The highest BCUT2D eigenvalue weighted by atomic mass is 31.2. The van der Waals surface area contributed by atoms with Crippen LogP contribution >= 0.6 is 15.6 Å². The van der Waals surface area contributed by atoms with Crippen molar-refractivity contribution >= 4 is 39.5 Å². The van der Waals surface area contributed by atoms with Gasteiger partial charge in [-0.2, -0.15) is 0 Å². The molecule has 0 spiro atoms. The minimum Gasteiger partial charge on any atom is -0.462 e. The van der Waals surface area contributed by atoms with Gasteiger partial charge in [0.1, 0.15) is 19.3 Å². The Hall–Kier alpha value is -6.36. The maximum absolute atomic E-state index is 13.1. The SMILES string of the molecule is CC/C=C\C/C=C\C/C=C\C/C=C\C/C=C\C/C=C\CCC(=O)OCC(COP(=O)(O)OCC(O)COP(=O)(O)OCC(COC(=O)CCCCC/C=C\C/C=C\C/C=C\C/C=C\C/C=C\CC)OC(=O)CCCCCCC/C=C\CCCC)OC(=O)C/C=C\C/C=C\C/C=C\C/C=C\C/C=C\CC. The van der Waals surface area contributed by atoms with Crippen LogP contribution < -0.4 is 0 Å².